The van der Waals surface area contributed by atoms with Crippen molar-refractivity contribution in [1.82, 2.24) is 19.9 Å². The number of hydrogen-bond acceptors (Lipinski definition) is 5. The van der Waals surface area contributed by atoms with Crippen molar-refractivity contribution in [2.75, 3.05) is 13.2 Å². The number of fused-ring (bicyclic) bond motifs is 1. The summed E-state index contributed by atoms with van der Waals surface area (Å²) in [6, 6.07) is 8.30. The van der Waals surface area contributed by atoms with E-state index in [0.717, 1.165) is 25.0 Å². The molecule has 1 saturated heterocycles. The summed E-state index contributed by atoms with van der Waals surface area (Å²) >= 11 is 0. The zero-order valence-corrected chi connectivity index (χ0v) is 20.0. The number of hydrogen-bond donors (Lipinski definition) is 1. The van der Waals surface area contributed by atoms with Crippen molar-refractivity contribution in [2.45, 2.75) is 25.2 Å². The summed E-state index contributed by atoms with van der Waals surface area (Å²) in [6.45, 7) is 4.38. The van der Waals surface area contributed by atoms with Crippen LogP contribution in [-0.2, 0) is 4.79 Å². The first-order chi connectivity index (χ1) is 18.2. The molecule has 3 aromatic heterocycles. The van der Waals surface area contributed by atoms with Gasteiger partial charge in [0, 0.05) is 30.1 Å². The van der Waals surface area contributed by atoms with Crippen LogP contribution in [0.4, 0.5) is 17.6 Å². The number of carbonyl (C=O) groups excluding carboxylic acids is 1. The number of amides is 1. The van der Waals surface area contributed by atoms with E-state index in [0.29, 0.717) is 40.1 Å². The van der Waals surface area contributed by atoms with Crippen LogP contribution in [0.15, 0.2) is 67.6 Å². The number of H-pyrrole nitrogens is 1. The number of likely N-dealkylation sites (tertiary alicyclic amines) is 1. The minimum absolute atomic E-state index is 0.142. The van der Waals surface area contributed by atoms with Gasteiger partial charge in [-0.1, -0.05) is 12.6 Å². The summed E-state index contributed by atoms with van der Waals surface area (Å²) in [6.07, 6.45) is 2.46. The van der Waals surface area contributed by atoms with Crippen molar-refractivity contribution in [3.05, 3.63) is 73.5 Å². The summed E-state index contributed by atoms with van der Waals surface area (Å²) in [5.74, 6) is -1.87. The molecule has 38 heavy (non-hydrogen) atoms. The van der Waals surface area contributed by atoms with Crippen LogP contribution in [0.2, 0.25) is 0 Å². The van der Waals surface area contributed by atoms with Gasteiger partial charge in [0.1, 0.15) is 12.4 Å². The standard InChI is InChI=1S/C27H22F4N4O3/c1-2-23(36)35-12-4-5-17(35)15-37-22-14-32-11-9-18(22)25-24(26-20(34-25)6-3-10-33-26)16-7-8-19(28)21(13-16)38-27(29,30)31/h2-3,6-11,13-14,17,34H,1,4-5,12,15H2/t17-/m0/s1. The zero-order chi connectivity index (χ0) is 26.9. The van der Waals surface area contributed by atoms with Gasteiger partial charge >= 0.3 is 6.36 Å². The van der Waals surface area contributed by atoms with Crippen LogP contribution in [0.3, 0.4) is 0 Å². The number of carbonyl (C=O) groups is 1. The van der Waals surface area contributed by atoms with E-state index in [1.807, 2.05) is 0 Å². The molecule has 11 heteroatoms. The number of ether oxygens (including phenoxy) is 2. The third kappa shape index (κ3) is 5.04. The maximum absolute atomic E-state index is 14.2. The Kier molecular flexibility index (Phi) is 6.75. The number of nitrogens with one attached hydrogen (secondary N) is 1. The molecule has 1 fully saturated rings. The number of pyridine rings is 2. The lowest BCUT2D eigenvalue weighted by Gasteiger charge is -2.24. The zero-order valence-electron chi connectivity index (χ0n) is 20.0. The van der Waals surface area contributed by atoms with Crippen molar-refractivity contribution in [2.24, 2.45) is 0 Å². The molecule has 1 amide bonds. The molecule has 0 unspecified atom stereocenters. The lowest BCUT2D eigenvalue weighted by Crippen LogP contribution is -2.38. The lowest BCUT2D eigenvalue weighted by molar-refractivity contribution is -0.275. The van der Waals surface area contributed by atoms with Gasteiger partial charge in [-0.15, -0.1) is 13.2 Å². The molecule has 1 aromatic carbocycles. The largest absolute Gasteiger partial charge is 0.573 e. The smallest absolute Gasteiger partial charge is 0.489 e. The fraction of sp³-hybridized carbons (Fsp3) is 0.222. The summed E-state index contributed by atoms with van der Waals surface area (Å²) in [5, 5.41) is 0. The Morgan fingerprint density at radius 3 is 2.84 bits per heavy atom. The molecule has 0 aliphatic carbocycles. The first-order valence-electron chi connectivity index (χ1n) is 11.8. The van der Waals surface area contributed by atoms with E-state index < -0.39 is 17.9 Å². The molecule has 5 rings (SSSR count). The van der Waals surface area contributed by atoms with Crippen molar-refractivity contribution in [1.29, 1.82) is 0 Å². The second-order valence-corrected chi connectivity index (χ2v) is 8.68. The summed E-state index contributed by atoms with van der Waals surface area (Å²) in [5.41, 5.74) is 2.83. The highest BCUT2D eigenvalue weighted by atomic mass is 19.4. The van der Waals surface area contributed by atoms with Crippen molar-refractivity contribution < 1.29 is 31.8 Å². The van der Waals surface area contributed by atoms with Gasteiger partial charge in [-0.25, -0.2) is 4.39 Å². The monoisotopic (exact) mass is 526 g/mol. The van der Waals surface area contributed by atoms with Gasteiger partial charge in [0.15, 0.2) is 11.6 Å². The summed E-state index contributed by atoms with van der Waals surface area (Å²) in [4.78, 5) is 25.7. The second kappa shape index (κ2) is 10.2. The molecule has 0 saturated carbocycles. The van der Waals surface area contributed by atoms with Crippen molar-refractivity contribution in [3.63, 3.8) is 0 Å². The van der Waals surface area contributed by atoms with E-state index >= 15 is 0 Å². The van der Waals surface area contributed by atoms with Gasteiger partial charge in [0.05, 0.1) is 29.0 Å². The predicted molar refractivity (Wildman–Crippen MR) is 132 cm³/mol. The molecule has 1 N–H and O–H groups in total. The minimum atomic E-state index is -5.06. The van der Waals surface area contributed by atoms with Crippen molar-refractivity contribution in [3.8, 4) is 33.9 Å². The Balaban J connectivity index is 1.56. The Morgan fingerprint density at radius 2 is 2.05 bits per heavy atom. The minimum Gasteiger partial charge on any atom is -0.489 e. The van der Waals surface area contributed by atoms with Crippen LogP contribution in [0.25, 0.3) is 33.4 Å². The molecule has 0 spiro atoms. The van der Waals surface area contributed by atoms with E-state index in [2.05, 4.69) is 26.3 Å². The van der Waals surface area contributed by atoms with Gasteiger partial charge in [0.25, 0.3) is 0 Å². The molecular weight excluding hydrogens is 504 g/mol. The molecular formula is C27H22F4N4O3. The number of rotatable bonds is 7. The van der Waals surface area contributed by atoms with Gasteiger partial charge in [-0.05, 0) is 54.8 Å². The van der Waals surface area contributed by atoms with Gasteiger partial charge in [-0.3, -0.25) is 14.8 Å². The van der Waals surface area contributed by atoms with Crippen LogP contribution in [0.5, 0.6) is 11.5 Å². The normalized spacial score (nSPS) is 15.6. The third-order valence-electron chi connectivity index (χ3n) is 6.32. The number of halogens is 4. The molecule has 1 aliphatic rings. The van der Waals surface area contributed by atoms with Crippen LogP contribution in [-0.4, -0.2) is 51.3 Å². The average Bonchev–Trinajstić information content (AvgIpc) is 3.52. The van der Waals surface area contributed by atoms with E-state index in [1.165, 1.54) is 18.3 Å². The predicted octanol–water partition coefficient (Wildman–Crippen LogP) is 5.89. The second-order valence-electron chi connectivity index (χ2n) is 8.68. The maximum atomic E-state index is 14.2. The molecule has 0 radical (unpaired) electrons. The van der Waals surface area contributed by atoms with Crippen LogP contribution in [0.1, 0.15) is 12.8 Å². The van der Waals surface area contributed by atoms with E-state index in [4.69, 9.17) is 4.74 Å². The highest BCUT2D eigenvalue weighted by Crippen LogP contribution is 2.42. The quantitative estimate of drug-likeness (QED) is 0.240. The molecule has 1 atom stereocenters. The van der Waals surface area contributed by atoms with E-state index in [1.54, 1.807) is 35.5 Å². The lowest BCUT2D eigenvalue weighted by atomic mass is 10.00. The molecule has 4 heterocycles. The van der Waals surface area contributed by atoms with Gasteiger partial charge in [0.2, 0.25) is 5.91 Å². The number of nitrogens with zero attached hydrogens (tertiary/aromatic N) is 3. The molecule has 0 bridgehead atoms. The SMILES string of the molecule is C=CC(=O)N1CCC[C@H]1COc1cnccc1-c1[nH]c2cccnc2c1-c1ccc(F)c(OC(F)(F)F)c1. The number of aromatic amines is 1. The molecule has 4 aromatic rings. The molecule has 196 valence electrons. The first kappa shape index (κ1) is 25.2. The van der Waals surface area contributed by atoms with Gasteiger partial charge in [-0.2, -0.15) is 0 Å². The van der Waals surface area contributed by atoms with Crippen LogP contribution >= 0.6 is 0 Å². The molecule has 7 nitrogen and oxygen atoms in total. The topological polar surface area (TPSA) is 80.3 Å². The summed E-state index contributed by atoms with van der Waals surface area (Å²) in [7, 11) is 0. The Hall–Kier alpha value is -4.41. The van der Waals surface area contributed by atoms with Crippen molar-refractivity contribution >= 4 is 16.9 Å². The average molecular weight is 526 g/mol. The summed E-state index contributed by atoms with van der Waals surface area (Å²) < 4.78 is 62.9. The first-order valence-corrected chi connectivity index (χ1v) is 11.8. The van der Waals surface area contributed by atoms with E-state index in [9.17, 15) is 22.4 Å². The Bertz CT molecular complexity index is 1500. The molecule has 1 aliphatic heterocycles. The highest BCUT2D eigenvalue weighted by molar-refractivity contribution is 6.02. The van der Waals surface area contributed by atoms with Crippen LogP contribution in [0, 0.1) is 5.82 Å². The van der Waals surface area contributed by atoms with Crippen LogP contribution < -0.4 is 9.47 Å². The van der Waals surface area contributed by atoms with Gasteiger partial charge < -0.3 is 19.4 Å². The van der Waals surface area contributed by atoms with E-state index in [-0.39, 0.29) is 24.1 Å². The Labute approximate surface area is 214 Å². The Morgan fingerprint density at radius 1 is 1.21 bits per heavy atom. The number of benzene rings is 1. The maximum Gasteiger partial charge on any atom is 0.573 e. The third-order valence-corrected chi connectivity index (χ3v) is 6.32. The number of alkyl halides is 3. The number of aromatic nitrogens is 3. The fourth-order valence-corrected chi connectivity index (χ4v) is 4.67. The highest BCUT2D eigenvalue weighted by Gasteiger charge is 2.33. The fourth-order valence-electron chi connectivity index (χ4n) is 4.67.